The van der Waals surface area contributed by atoms with Crippen molar-refractivity contribution in [2.75, 3.05) is 7.11 Å². The van der Waals surface area contributed by atoms with Crippen molar-refractivity contribution in [3.8, 4) is 5.75 Å². The van der Waals surface area contributed by atoms with E-state index in [4.69, 9.17) is 9.72 Å². The first-order valence-electron chi connectivity index (χ1n) is 7.74. The van der Waals surface area contributed by atoms with Crippen molar-refractivity contribution >= 4 is 21.8 Å². The Hall–Kier alpha value is -2.87. The van der Waals surface area contributed by atoms with E-state index in [1.807, 2.05) is 18.2 Å². The molecule has 0 atom stereocenters. The summed E-state index contributed by atoms with van der Waals surface area (Å²) in [6, 6.07) is 25.0. The number of pyridine rings is 1. The lowest BCUT2D eigenvalue weighted by atomic mass is 9.96. The summed E-state index contributed by atoms with van der Waals surface area (Å²) in [6.45, 7) is 0. The third kappa shape index (κ3) is 2.53. The van der Waals surface area contributed by atoms with E-state index < -0.39 is 0 Å². The highest BCUT2D eigenvalue weighted by atomic mass is 16.5. The molecule has 1 heterocycles. The predicted molar refractivity (Wildman–Crippen MR) is 95.0 cm³/mol. The number of fused-ring (bicyclic) bond motifs is 2. The fourth-order valence-electron chi connectivity index (χ4n) is 3.08. The maximum absolute atomic E-state index is 5.35. The molecule has 0 radical (unpaired) electrons. The van der Waals surface area contributed by atoms with Crippen LogP contribution in [0.1, 0.15) is 11.1 Å². The summed E-state index contributed by atoms with van der Waals surface area (Å²) in [5, 5.41) is 2.40. The summed E-state index contributed by atoms with van der Waals surface area (Å²) < 4.78 is 5.35. The van der Waals surface area contributed by atoms with E-state index in [-0.39, 0.29) is 0 Å². The van der Waals surface area contributed by atoms with Gasteiger partial charge in [0, 0.05) is 16.8 Å². The van der Waals surface area contributed by atoms with Gasteiger partial charge in [-0.3, -0.25) is 0 Å². The van der Waals surface area contributed by atoms with E-state index in [9.17, 15) is 0 Å². The van der Waals surface area contributed by atoms with Crippen molar-refractivity contribution in [2.24, 2.45) is 0 Å². The molecule has 0 saturated carbocycles. The van der Waals surface area contributed by atoms with E-state index in [0.717, 1.165) is 23.2 Å². The molecule has 0 aliphatic carbocycles. The Balaban J connectivity index is 2.00. The Kier molecular flexibility index (Phi) is 3.43. The van der Waals surface area contributed by atoms with Crippen molar-refractivity contribution in [3.63, 3.8) is 0 Å². The molecule has 4 rings (SSSR count). The van der Waals surface area contributed by atoms with Gasteiger partial charge in [0.05, 0.1) is 18.1 Å². The first-order chi connectivity index (χ1) is 11.3. The van der Waals surface area contributed by atoms with Crippen molar-refractivity contribution in [2.45, 2.75) is 6.42 Å². The minimum Gasteiger partial charge on any atom is -0.497 e. The average Bonchev–Trinajstić information content (AvgIpc) is 2.62. The molecule has 0 aliphatic heterocycles. The molecular weight excluding hydrogens is 282 g/mol. The first-order valence-corrected chi connectivity index (χ1v) is 7.74. The summed E-state index contributed by atoms with van der Waals surface area (Å²) in [6.07, 6.45) is 0.896. The van der Waals surface area contributed by atoms with E-state index in [1.54, 1.807) is 7.11 Å². The zero-order valence-electron chi connectivity index (χ0n) is 13.0. The van der Waals surface area contributed by atoms with Crippen LogP contribution in [-0.2, 0) is 6.42 Å². The average molecular weight is 299 g/mol. The van der Waals surface area contributed by atoms with E-state index >= 15 is 0 Å². The number of hydrogen-bond donors (Lipinski definition) is 0. The van der Waals surface area contributed by atoms with Gasteiger partial charge < -0.3 is 4.74 Å². The number of hydrogen-bond acceptors (Lipinski definition) is 2. The molecule has 2 nitrogen and oxygen atoms in total. The molecule has 112 valence electrons. The van der Waals surface area contributed by atoms with Crippen LogP contribution in [0, 0.1) is 0 Å². The molecule has 0 spiro atoms. The fourth-order valence-corrected chi connectivity index (χ4v) is 3.08. The number of para-hydroxylation sites is 1. The first kappa shape index (κ1) is 13.8. The molecule has 1 aromatic heterocycles. The van der Waals surface area contributed by atoms with Gasteiger partial charge in [0.1, 0.15) is 5.75 Å². The van der Waals surface area contributed by atoms with E-state index in [1.165, 1.54) is 21.9 Å². The molecule has 3 aromatic carbocycles. The summed E-state index contributed by atoms with van der Waals surface area (Å²) in [7, 11) is 1.69. The standard InChI is InChI=1S/C21H17NO/c1-23-16-11-12-18-19(13-15-7-3-2-4-8-15)17-9-5-6-10-20(17)22-21(18)14-16/h2-12,14H,13H2,1H3. The minimum absolute atomic E-state index is 0.839. The number of aromatic nitrogens is 1. The summed E-state index contributed by atoms with van der Waals surface area (Å²) in [5.41, 5.74) is 4.63. The van der Waals surface area contributed by atoms with Gasteiger partial charge in [0.15, 0.2) is 0 Å². The lowest BCUT2D eigenvalue weighted by Gasteiger charge is -2.12. The molecule has 23 heavy (non-hydrogen) atoms. The van der Waals surface area contributed by atoms with Gasteiger partial charge in [-0.25, -0.2) is 4.98 Å². The number of ether oxygens (including phenoxy) is 1. The SMILES string of the molecule is COc1ccc2c(Cc3ccccc3)c3ccccc3nc2c1. The highest BCUT2D eigenvalue weighted by molar-refractivity contribution is 5.98. The van der Waals surface area contributed by atoms with Gasteiger partial charge in [-0.2, -0.15) is 0 Å². The van der Waals surface area contributed by atoms with E-state index in [2.05, 4.69) is 54.6 Å². The Morgan fingerprint density at radius 3 is 2.35 bits per heavy atom. The second kappa shape index (κ2) is 5.73. The summed E-state index contributed by atoms with van der Waals surface area (Å²) in [5.74, 6) is 0.839. The van der Waals surface area contributed by atoms with Crippen molar-refractivity contribution < 1.29 is 4.74 Å². The van der Waals surface area contributed by atoms with Crippen LogP contribution in [-0.4, -0.2) is 12.1 Å². The Morgan fingerprint density at radius 2 is 1.52 bits per heavy atom. The van der Waals surface area contributed by atoms with Gasteiger partial charge in [-0.15, -0.1) is 0 Å². The maximum Gasteiger partial charge on any atom is 0.121 e. The quantitative estimate of drug-likeness (QED) is 0.497. The molecule has 0 bridgehead atoms. The molecule has 0 unspecified atom stereocenters. The fraction of sp³-hybridized carbons (Fsp3) is 0.0952. The van der Waals surface area contributed by atoms with Gasteiger partial charge in [0.2, 0.25) is 0 Å². The largest absolute Gasteiger partial charge is 0.497 e. The maximum atomic E-state index is 5.35. The second-order valence-corrected chi connectivity index (χ2v) is 5.65. The molecule has 0 amide bonds. The predicted octanol–water partition coefficient (Wildman–Crippen LogP) is 4.99. The minimum atomic E-state index is 0.839. The zero-order chi connectivity index (χ0) is 15.6. The zero-order valence-corrected chi connectivity index (χ0v) is 13.0. The number of benzene rings is 3. The van der Waals surface area contributed by atoms with Crippen molar-refractivity contribution in [3.05, 3.63) is 83.9 Å². The van der Waals surface area contributed by atoms with Gasteiger partial charge in [0.25, 0.3) is 0 Å². The second-order valence-electron chi connectivity index (χ2n) is 5.65. The molecule has 0 aliphatic rings. The molecule has 2 heteroatoms. The summed E-state index contributed by atoms with van der Waals surface area (Å²) in [4.78, 5) is 4.81. The summed E-state index contributed by atoms with van der Waals surface area (Å²) >= 11 is 0. The van der Waals surface area contributed by atoms with Crippen LogP contribution in [0.15, 0.2) is 72.8 Å². The van der Waals surface area contributed by atoms with Crippen molar-refractivity contribution in [1.29, 1.82) is 0 Å². The van der Waals surface area contributed by atoms with Crippen LogP contribution >= 0.6 is 0 Å². The van der Waals surface area contributed by atoms with Crippen LogP contribution in [0.4, 0.5) is 0 Å². The molecule has 0 saturated heterocycles. The monoisotopic (exact) mass is 299 g/mol. The van der Waals surface area contributed by atoms with Gasteiger partial charge in [-0.05, 0) is 35.7 Å². The van der Waals surface area contributed by atoms with Gasteiger partial charge >= 0.3 is 0 Å². The van der Waals surface area contributed by atoms with Gasteiger partial charge in [-0.1, -0.05) is 48.5 Å². The van der Waals surface area contributed by atoms with Crippen LogP contribution in [0.3, 0.4) is 0 Å². The van der Waals surface area contributed by atoms with Crippen LogP contribution in [0.25, 0.3) is 21.8 Å². The third-order valence-electron chi connectivity index (χ3n) is 4.22. The van der Waals surface area contributed by atoms with E-state index in [0.29, 0.717) is 0 Å². The molecule has 4 aromatic rings. The topological polar surface area (TPSA) is 22.1 Å². The molecular formula is C21H17NO. The van der Waals surface area contributed by atoms with Crippen molar-refractivity contribution in [1.82, 2.24) is 4.98 Å². The molecule has 0 fully saturated rings. The highest BCUT2D eigenvalue weighted by Crippen LogP contribution is 2.30. The third-order valence-corrected chi connectivity index (χ3v) is 4.22. The van der Waals surface area contributed by atoms with Crippen LogP contribution in [0.2, 0.25) is 0 Å². The van der Waals surface area contributed by atoms with Crippen LogP contribution < -0.4 is 4.74 Å². The highest BCUT2D eigenvalue weighted by Gasteiger charge is 2.10. The normalized spacial score (nSPS) is 11.0. The number of nitrogens with zero attached hydrogens (tertiary/aromatic N) is 1. The smallest absolute Gasteiger partial charge is 0.121 e. The lowest BCUT2D eigenvalue weighted by molar-refractivity contribution is 0.415. The van der Waals surface area contributed by atoms with Crippen LogP contribution in [0.5, 0.6) is 5.75 Å². The number of methoxy groups -OCH3 is 1. The molecule has 0 N–H and O–H groups in total. The lowest BCUT2D eigenvalue weighted by Crippen LogP contribution is -1.95. The Labute approximate surface area is 135 Å². The Morgan fingerprint density at radius 1 is 0.783 bits per heavy atom. The Bertz CT molecular complexity index is 977. The number of rotatable bonds is 3.